The van der Waals surface area contributed by atoms with Gasteiger partial charge in [-0.2, -0.15) is 10.2 Å². The number of anilines is 4. The van der Waals surface area contributed by atoms with Crippen LogP contribution in [0, 0.1) is 11.3 Å². The van der Waals surface area contributed by atoms with E-state index in [1.807, 2.05) is 12.1 Å². The predicted octanol–water partition coefficient (Wildman–Crippen LogP) is 2.80. The van der Waals surface area contributed by atoms with E-state index in [4.69, 9.17) is 10.7 Å². The molecule has 0 bridgehead atoms. The summed E-state index contributed by atoms with van der Waals surface area (Å²) in [6.07, 6.45) is 3.96. The molecule has 29 heavy (non-hydrogen) atoms. The molecule has 1 aromatic carbocycles. The van der Waals surface area contributed by atoms with Crippen LogP contribution in [0.15, 0.2) is 36.5 Å². The molecule has 4 N–H and O–H groups in total. The minimum atomic E-state index is 0.451. The van der Waals surface area contributed by atoms with Gasteiger partial charge >= 0.3 is 0 Å². The molecule has 0 radical (unpaired) electrons. The number of pyridine rings is 1. The maximum absolute atomic E-state index is 9.18. The van der Waals surface area contributed by atoms with Crippen molar-refractivity contribution in [1.82, 2.24) is 20.3 Å². The van der Waals surface area contributed by atoms with Crippen molar-refractivity contribution in [2.45, 2.75) is 25.8 Å². The lowest BCUT2D eigenvalue weighted by Crippen LogP contribution is -2.33. The smallest absolute Gasteiger partial charge is 0.229 e. The molecule has 1 atom stereocenters. The van der Waals surface area contributed by atoms with E-state index in [0.717, 1.165) is 49.3 Å². The molecule has 3 aromatic rings. The number of nitrogens with zero attached hydrogens (tertiary/aromatic N) is 5. The van der Waals surface area contributed by atoms with Crippen LogP contribution in [0.2, 0.25) is 0 Å². The summed E-state index contributed by atoms with van der Waals surface area (Å²) in [6, 6.07) is 11.5. The van der Waals surface area contributed by atoms with Crippen molar-refractivity contribution in [3.05, 3.63) is 42.1 Å². The Balaban J connectivity index is 1.67. The third-order valence-electron chi connectivity index (χ3n) is 4.95. The summed E-state index contributed by atoms with van der Waals surface area (Å²) >= 11 is 0. The molecule has 8 heteroatoms. The molecule has 1 saturated heterocycles. The predicted molar refractivity (Wildman–Crippen MR) is 115 cm³/mol. The maximum Gasteiger partial charge on any atom is 0.229 e. The minimum Gasteiger partial charge on any atom is -0.399 e. The first-order valence-electron chi connectivity index (χ1n) is 9.85. The first-order valence-corrected chi connectivity index (χ1v) is 9.85. The molecule has 0 amide bonds. The van der Waals surface area contributed by atoms with Crippen LogP contribution < -0.4 is 21.3 Å². The van der Waals surface area contributed by atoms with Crippen molar-refractivity contribution in [2.24, 2.45) is 0 Å². The first-order chi connectivity index (χ1) is 14.2. The molecule has 1 unspecified atom stereocenters. The number of hydrogen-bond donors (Lipinski definition) is 3. The monoisotopic (exact) mass is 388 g/mol. The van der Waals surface area contributed by atoms with Gasteiger partial charge in [0, 0.05) is 36.7 Å². The topological polar surface area (TPSA) is 116 Å². The Hall–Kier alpha value is -3.44. The molecule has 3 heterocycles. The lowest BCUT2D eigenvalue weighted by Gasteiger charge is -2.20. The molecule has 0 saturated carbocycles. The van der Waals surface area contributed by atoms with Crippen LogP contribution in [0.25, 0.3) is 11.0 Å². The highest BCUT2D eigenvalue weighted by atomic mass is 15.3. The van der Waals surface area contributed by atoms with Gasteiger partial charge < -0.3 is 21.3 Å². The normalized spacial score (nSPS) is 16.1. The summed E-state index contributed by atoms with van der Waals surface area (Å²) in [7, 11) is 0. The number of rotatable bonds is 6. The number of aromatic nitrogens is 3. The van der Waals surface area contributed by atoms with Crippen molar-refractivity contribution in [3.63, 3.8) is 0 Å². The van der Waals surface area contributed by atoms with Crippen LogP contribution in [-0.2, 0) is 0 Å². The van der Waals surface area contributed by atoms with Crippen molar-refractivity contribution >= 4 is 34.2 Å². The van der Waals surface area contributed by atoms with E-state index in [0.29, 0.717) is 28.9 Å². The summed E-state index contributed by atoms with van der Waals surface area (Å²) in [4.78, 5) is 16.2. The van der Waals surface area contributed by atoms with E-state index in [1.165, 1.54) is 0 Å². The van der Waals surface area contributed by atoms with Crippen LogP contribution in [-0.4, -0.2) is 40.6 Å². The lowest BCUT2D eigenvalue weighted by atomic mass is 10.2. The molecule has 2 aromatic heterocycles. The molecule has 0 spiro atoms. The van der Waals surface area contributed by atoms with Gasteiger partial charge in [-0.15, -0.1) is 0 Å². The van der Waals surface area contributed by atoms with E-state index >= 15 is 0 Å². The molecule has 0 aliphatic carbocycles. The minimum absolute atomic E-state index is 0.451. The Labute approximate surface area is 169 Å². The molecule has 4 rings (SSSR count). The number of fused-ring (bicyclic) bond motifs is 1. The van der Waals surface area contributed by atoms with Crippen LogP contribution in [0.3, 0.4) is 0 Å². The van der Waals surface area contributed by atoms with Gasteiger partial charge in [-0.1, -0.05) is 6.92 Å². The summed E-state index contributed by atoms with van der Waals surface area (Å²) in [5.74, 6) is 1.28. The summed E-state index contributed by atoms with van der Waals surface area (Å²) in [6.45, 7) is 5.00. The van der Waals surface area contributed by atoms with Crippen LogP contribution in [0.4, 0.5) is 23.1 Å². The Morgan fingerprint density at radius 3 is 3.03 bits per heavy atom. The van der Waals surface area contributed by atoms with Crippen LogP contribution in [0.1, 0.15) is 25.3 Å². The number of nitrogens with two attached hydrogens (primary N) is 1. The number of nitrogens with one attached hydrogen (secondary N) is 2. The standard InChI is InChI=1S/C21H24N8/c1-2-6-24-16-5-8-29(13-16)20-19-18(4-3-7-25-19)27-21(28-20)26-17-10-14(12-22)9-15(23)11-17/h3-4,7,9-11,16,24H,2,5-6,8,13,23H2,1H3,(H,26,27,28). The Morgan fingerprint density at radius 2 is 2.21 bits per heavy atom. The zero-order valence-electron chi connectivity index (χ0n) is 16.4. The Kier molecular flexibility index (Phi) is 5.40. The number of hydrogen-bond acceptors (Lipinski definition) is 8. The van der Waals surface area contributed by atoms with E-state index in [1.54, 1.807) is 24.4 Å². The SMILES string of the molecule is CCCNC1CCN(c2nc(Nc3cc(N)cc(C#N)c3)nc3cccnc23)C1. The van der Waals surface area contributed by atoms with E-state index < -0.39 is 0 Å². The average Bonchev–Trinajstić information content (AvgIpc) is 3.20. The highest BCUT2D eigenvalue weighted by Crippen LogP contribution is 2.28. The van der Waals surface area contributed by atoms with E-state index in [-0.39, 0.29) is 0 Å². The third-order valence-corrected chi connectivity index (χ3v) is 4.95. The third kappa shape index (κ3) is 4.20. The molecule has 148 valence electrons. The zero-order chi connectivity index (χ0) is 20.2. The summed E-state index contributed by atoms with van der Waals surface area (Å²) in [5, 5.41) is 16.0. The van der Waals surface area contributed by atoms with Gasteiger partial charge in [0.05, 0.1) is 17.1 Å². The fourth-order valence-corrected chi connectivity index (χ4v) is 3.61. The van der Waals surface area contributed by atoms with Crippen molar-refractivity contribution in [3.8, 4) is 6.07 Å². The second-order valence-electron chi connectivity index (χ2n) is 7.21. The number of nitriles is 1. The number of nitrogen functional groups attached to an aromatic ring is 1. The van der Waals surface area contributed by atoms with Gasteiger partial charge in [0.1, 0.15) is 5.52 Å². The summed E-state index contributed by atoms with van der Waals surface area (Å²) < 4.78 is 0. The molecule has 1 aliphatic rings. The zero-order valence-corrected chi connectivity index (χ0v) is 16.4. The van der Waals surface area contributed by atoms with Gasteiger partial charge in [-0.05, 0) is 49.7 Å². The molecular formula is C21H24N8. The van der Waals surface area contributed by atoms with Gasteiger partial charge in [-0.25, -0.2) is 4.98 Å². The van der Waals surface area contributed by atoms with Crippen molar-refractivity contribution < 1.29 is 0 Å². The highest BCUT2D eigenvalue weighted by Gasteiger charge is 2.25. The number of benzene rings is 1. The van der Waals surface area contributed by atoms with Crippen molar-refractivity contribution in [1.29, 1.82) is 5.26 Å². The largest absolute Gasteiger partial charge is 0.399 e. The van der Waals surface area contributed by atoms with Crippen LogP contribution in [0.5, 0.6) is 0 Å². The Morgan fingerprint density at radius 1 is 1.31 bits per heavy atom. The van der Waals surface area contributed by atoms with Gasteiger partial charge in [-0.3, -0.25) is 4.98 Å². The lowest BCUT2D eigenvalue weighted by molar-refractivity contribution is 0.549. The molecular weight excluding hydrogens is 364 g/mol. The van der Waals surface area contributed by atoms with Crippen LogP contribution >= 0.6 is 0 Å². The quantitative estimate of drug-likeness (QED) is 0.552. The fraction of sp³-hybridized carbons (Fsp3) is 0.333. The van der Waals surface area contributed by atoms with E-state index in [9.17, 15) is 5.26 Å². The van der Waals surface area contributed by atoms with Crippen molar-refractivity contribution in [2.75, 3.05) is 35.6 Å². The summed E-state index contributed by atoms with van der Waals surface area (Å²) in [5.41, 5.74) is 9.15. The molecule has 8 nitrogen and oxygen atoms in total. The first kappa shape index (κ1) is 18.9. The molecule has 1 fully saturated rings. The van der Waals surface area contributed by atoms with Gasteiger partial charge in [0.15, 0.2) is 5.82 Å². The highest BCUT2D eigenvalue weighted by molar-refractivity contribution is 5.87. The average molecular weight is 388 g/mol. The van der Waals surface area contributed by atoms with Gasteiger partial charge in [0.2, 0.25) is 5.95 Å². The van der Waals surface area contributed by atoms with Gasteiger partial charge in [0.25, 0.3) is 0 Å². The Bertz CT molecular complexity index is 1060. The second kappa shape index (κ2) is 8.29. The fourth-order valence-electron chi connectivity index (χ4n) is 3.61. The second-order valence-corrected chi connectivity index (χ2v) is 7.21. The van der Waals surface area contributed by atoms with E-state index in [2.05, 4.69) is 38.5 Å². The maximum atomic E-state index is 9.18. The molecule has 1 aliphatic heterocycles.